The van der Waals surface area contributed by atoms with E-state index in [0.29, 0.717) is 0 Å². The van der Waals surface area contributed by atoms with Gasteiger partial charge in [-0.25, -0.2) is 0 Å². The van der Waals surface area contributed by atoms with Crippen LogP contribution in [0.1, 0.15) is 81.3 Å². The predicted octanol–water partition coefficient (Wildman–Crippen LogP) is 14.3. The third-order valence-corrected chi connectivity index (χ3v) is 11.3. The molecule has 5 aliphatic rings. The number of rotatable bonds is 0. The molecule has 0 aliphatic heterocycles. The molecule has 0 N–H and O–H groups in total. The summed E-state index contributed by atoms with van der Waals surface area (Å²) in [6.45, 7) is 0. The lowest BCUT2D eigenvalue weighted by Crippen LogP contribution is -2.06. The van der Waals surface area contributed by atoms with Crippen LogP contribution in [-0.2, 0) is 51.4 Å². The van der Waals surface area contributed by atoms with E-state index in [1.165, 1.54) is 104 Å². The molecule has 0 nitrogen and oxygen atoms in total. The summed E-state index contributed by atoms with van der Waals surface area (Å²) in [5.74, 6) is 0. The summed E-state index contributed by atoms with van der Waals surface area (Å²) < 4.78 is 0. The van der Waals surface area contributed by atoms with Gasteiger partial charge in [0.1, 0.15) is 0 Å². The van der Waals surface area contributed by atoms with E-state index in [0.717, 1.165) is 6.42 Å². The van der Waals surface area contributed by atoms with Crippen LogP contribution in [0.4, 0.5) is 0 Å². The smallest absolute Gasteiger partial charge is 0.00882 e. The monoisotopic (exact) mass is 728 g/mol. The molecule has 7 aromatic rings. The topological polar surface area (TPSA) is 0 Å². The summed E-state index contributed by atoms with van der Waals surface area (Å²) in [5, 5.41) is 2.62. The van der Waals surface area contributed by atoms with Crippen molar-refractivity contribution in [2.45, 2.75) is 77.0 Å². The zero-order valence-corrected chi connectivity index (χ0v) is 33.0. The summed E-state index contributed by atoms with van der Waals surface area (Å²) in [4.78, 5) is 0. The van der Waals surface area contributed by atoms with E-state index in [9.17, 15) is 0 Å². The van der Waals surface area contributed by atoms with Crippen LogP contribution >= 0.6 is 0 Å². The van der Waals surface area contributed by atoms with E-state index in [-0.39, 0.29) is 0 Å². The minimum atomic E-state index is 1.12. The van der Waals surface area contributed by atoms with Crippen molar-refractivity contribution in [3.8, 4) is 0 Å². The lowest BCUT2D eigenvalue weighted by molar-refractivity contribution is 0.685. The molecule has 0 unspecified atom stereocenters. The molecule has 280 valence electrons. The van der Waals surface area contributed by atoms with Crippen LogP contribution in [-0.4, -0.2) is 0 Å². The van der Waals surface area contributed by atoms with Crippen LogP contribution in [0, 0.1) is 0 Å². The fraction of sp³-hybridized carbons (Fsp3) is 0.214. The van der Waals surface area contributed by atoms with Crippen molar-refractivity contribution < 1.29 is 0 Å². The lowest BCUT2D eigenvalue weighted by Gasteiger charge is -2.16. The zero-order chi connectivity index (χ0) is 38.0. The Morgan fingerprint density at radius 2 is 0.589 bits per heavy atom. The normalized spacial score (nSPS) is 14.1. The number of benzene rings is 7. The largest absolute Gasteiger partial charge is 0.0836 e. The molecule has 7 aromatic carbocycles. The Balaban J connectivity index is 0.000000103. The van der Waals surface area contributed by atoms with Gasteiger partial charge in [-0.2, -0.15) is 0 Å². The highest BCUT2D eigenvalue weighted by molar-refractivity contribution is 5.82. The van der Waals surface area contributed by atoms with Crippen molar-refractivity contribution in [1.82, 2.24) is 0 Å². The molecule has 0 fully saturated rings. The first-order chi connectivity index (χ1) is 27.8. The molecule has 0 radical (unpaired) electrons. The fourth-order valence-corrected chi connectivity index (χ4v) is 8.03. The molecule has 56 heavy (non-hydrogen) atoms. The van der Waals surface area contributed by atoms with Crippen molar-refractivity contribution in [3.63, 3.8) is 0 Å². The molecule has 0 atom stereocenters. The maximum atomic E-state index is 2.26. The number of aryl methyl sites for hydroxylation is 7. The molecule has 0 saturated carbocycles. The number of allylic oxidation sites excluding steroid dienone is 2. The molecule has 0 aromatic heterocycles. The standard InChI is InChI=1S/C10H12.C10H10.C10H8.C9H10.C9H8.C8H8/c3*1-2-6-10-8-4-3-7-9(10)5-1;2*1-2-5-9-7-3-6-8(9)4-1;1-2-4-8-6-5-7(8)3-1/h1-2,5-6H,3-4,7-8H2;1-3,5-7H,4,8H2;1-8H;1-2,4-5H,3,6-7H2;1-6H,7H2;1-4H,5-6H2. The second-order valence-corrected chi connectivity index (χ2v) is 15.2. The van der Waals surface area contributed by atoms with Crippen molar-refractivity contribution in [2.24, 2.45) is 0 Å². The minimum absolute atomic E-state index is 1.12. The van der Waals surface area contributed by atoms with Gasteiger partial charge in [-0.1, -0.05) is 194 Å². The van der Waals surface area contributed by atoms with Gasteiger partial charge in [-0.05, 0) is 143 Å². The summed E-state index contributed by atoms with van der Waals surface area (Å²) in [6, 6.07) is 60.0. The molecule has 0 heterocycles. The number of fused-ring (bicyclic) bond motifs is 6. The zero-order valence-electron chi connectivity index (χ0n) is 33.0. The van der Waals surface area contributed by atoms with Gasteiger partial charge in [-0.15, -0.1) is 0 Å². The van der Waals surface area contributed by atoms with Crippen molar-refractivity contribution >= 4 is 22.9 Å². The first kappa shape index (κ1) is 38.6. The van der Waals surface area contributed by atoms with Crippen LogP contribution in [0.3, 0.4) is 0 Å². The molecular weight excluding hydrogens is 673 g/mol. The highest BCUT2D eigenvalue weighted by Crippen LogP contribution is 2.23. The van der Waals surface area contributed by atoms with E-state index in [2.05, 4.69) is 194 Å². The molecule has 5 aliphatic carbocycles. The average Bonchev–Trinajstić information content (AvgIpc) is 3.96. The summed E-state index contributed by atoms with van der Waals surface area (Å²) in [5.41, 5.74) is 15.1. The molecule has 0 heteroatoms. The average molecular weight is 729 g/mol. The molecule has 0 saturated heterocycles. The van der Waals surface area contributed by atoms with E-state index >= 15 is 0 Å². The quantitative estimate of drug-likeness (QED) is 0.146. The van der Waals surface area contributed by atoms with Crippen LogP contribution in [0.15, 0.2) is 182 Å². The van der Waals surface area contributed by atoms with Crippen molar-refractivity contribution in [3.05, 3.63) is 238 Å². The maximum Gasteiger partial charge on any atom is -0.00882 e. The van der Waals surface area contributed by atoms with Crippen LogP contribution < -0.4 is 0 Å². The Hall–Kier alpha value is -5.72. The number of hydrogen-bond acceptors (Lipinski definition) is 0. The first-order valence-corrected chi connectivity index (χ1v) is 20.9. The van der Waals surface area contributed by atoms with E-state index < -0.39 is 0 Å². The summed E-state index contributed by atoms with van der Waals surface area (Å²) in [7, 11) is 0. The van der Waals surface area contributed by atoms with Gasteiger partial charge in [0.2, 0.25) is 0 Å². The van der Waals surface area contributed by atoms with E-state index in [4.69, 9.17) is 0 Å². The summed E-state index contributed by atoms with van der Waals surface area (Å²) >= 11 is 0. The first-order valence-electron chi connectivity index (χ1n) is 20.9. The van der Waals surface area contributed by atoms with Gasteiger partial charge in [0.25, 0.3) is 0 Å². The molecular formula is C56H56. The maximum absolute atomic E-state index is 2.26. The SMILES string of the molecule is C1=Cc2ccccc2C1.C1=Cc2ccccc2CC1.c1ccc2c(c1)CC2.c1ccc2c(c1)CCC2.c1ccc2c(c1)CCCC2.c1ccc2ccccc2c1. The molecule has 12 rings (SSSR count). The Morgan fingerprint density at radius 3 is 1.00 bits per heavy atom. The third kappa shape index (κ3) is 11.2. The van der Waals surface area contributed by atoms with Gasteiger partial charge in [0.05, 0.1) is 0 Å². The molecule has 0 amide bonds. The minimum Gasteiger partial charge on any atom is -0.0836 e. The van der Waals surface area contributed by atoms with Crippen LogP contribution in [0.5, 0.6) is 0 Å². The van der Waals surface area contributed by atoms with Crippen LogP contribution in [0.2, 0.25) is 0 Å². The van der Waals surface area contributed by atoms with Crippen LogP contribution in [0.25, 0.3) is 22.9 Å². The van der Waals surface area contributed by atoms with Gasteiger partial charge in [-0.3, -0.25) is 0 Å². The van der Waals surface area contributed by atoms with Gasteiger partial charge in [0, 0.05) is 0 Å². The number of hydrogen-bond donors (Lipinski definition) is 0. The van der Waals surface area contributed by atoms with Gasteiger partial charge >= 0.3 is 0 Å². The summed E-state index contributed by atoms with van der Waals surface area (Å²) in [6.07, 6.45) is 24.3. The Kier molecular flexibility index (Phi) is 14.3. The van der Waals surface area contributed by atoms with Gasteiger partial charge in [0.15, 0.2) is 0 Å². The predicted molar refractivity (Wildman–Crippen MR) is 242 cm³/mol. The molecule has 0 spiro atoms. The second-order valence-electron chi connectivity index (χ2n) is 15.2. The van der Waals surface area contributed by atoms with Gasteiger partial charge < -0.3 is 0 Å². The second kappa shape index (κ2) is 20.8. The molecule has 0 bridgehead atoms. The lowest BCUT2D eigenvalue weighted by atomic mass is 9.89. The Labute approximate surface area is 336 Å². The van der Waals surface area contributed by atoms with Crippen molar-refractivity contribution in [2.75, 3.05) is 0 Å². The van der Waals surface area contributed by atoms with Crippen molar-refractivity contribution in [1.29, 1.82) is 0 Å². The highest BCUT2D eigenvalue weighted by atomic mass is 14.1. The van der Waals surface area contributed by atoms with E-state index in [1.807, 2.05) is 0 Å². The third-order valence-electron chi connectivity index (χ3n) is 11.3. The van der Waals surface area contributed by atoms with E-state index in [1.54, 1.807) is 33.4 Å². The Bertz CT molecular complexity index is 2190. The highest BCUT2D eigenvalue weighted by Gasteiger charge is 2.10. The Morgan fingerprint density at radius 1 is 0.250 bits per heavy atom. The fourth-order valence-electron chi connectivity index (χ4n) is 8.03.